The zero-order valence-electron chi connectivity index (χ0n) is 21.7. The molecule has 0 bridgehead atoms. The first-order valence-electron chi connectivity index (χ1n) is 12.6. The van der Waals surface area contributed by atoms with Gasteiger partial charge in [-0.05, 0) is 53.5 Å². The van der Waals surface area contributed by atoms with Crippen molar-refractivity contribution >= 4 is 5.91 Å². The first-order chi connectivity index (χ1) is 16.8. The SMILES string of the molecule is COc1ccc(C(C)(C)C)cc1CNC1CCC(c2ccccc2)N1C(=O)Cc1ccccc1C. The molecule has 1 aliphatic heterocycles. The van der Waals surface area contributed by atoms with Gasteiger partial charge < -0.3 is 9.64 Å². The third-order valence-electron chi connectivity index (χ3n) is 7.13. The molecule has 3 aromatic carbocycles. The van der Waals surface area contributed by atoms with Gasteiger partial charge in [-0.3, -0.25) is 10.1 Å². The van der Waals surface area contributed by atoms with Crippen molar-refractivity contribution in [2.75, 3.05) is 7.11 Å². The number of hydrogen-bond acceptors (Lipinski definition) is 3. The first-order valence-corrected chi connectivity index (χ1v) is 12.6. The van der Waals surface area contributed by atoms with Gasteiger partial charge in [-0.15, -0.1) is 0 Å². The van der Waals surface area contributed by atoms with Crippen molar-refractivity contribution in [2.24, 2.45) is 0 Å². The number of rotatable bonds is 7. The van der Waals surface area contributed by atoms with Gasteiger partial charge in [0.25, 0.3) is 0 Å². The highest BCUT2D eigenvalue weighted by Gasteiger charge is 2.37. The third kappa shape index (κ3) is 5.76. The standard InChI is InChI=1S/C31H38N2O2/c1-22-11-9-10-14-24(22)20-30(34)33-27(23-12-7-6-8-13-23)16-18-29(33)32-21-25-19-26(31(2,3)4)15-17-28(25)35-5/h6-15,17,19,27,29,32H,16,18,20-21H2,1-5H3. The molecule has 0 saturated carbocycles. The van der Waals surface area contributed by atoms with Crippen LogP contribution in [0, 0.1) is 6.92 Å². The average Bonchev–Trinajstić information content (AvgIpc) is 3.28. The molecule has 0 aromatic heterocycles. The summed E-state index contributed by atoms with van der Waals surface area (Å²) in [7, 11) is 1.72. The number of likely N-dealkylation sites (tertiary alicyclic amines) is 1. The summed E-state index contributed by atoms with van der Waals surface area (Å²) in [5, 5.41) is 3.71. The average molecular weight is 471 g/mol. The largest absolute Gasteiger partial charge is 0.496 e. The van der Waals surface area contributed by atoms with Crippen LogP contribution in [-0.4, -0.2) is 24.1 Å². The molecular weight excluding hydrogens is 432 g/mol. The Hall–Kier alpha value is -3.11. The summed E-state index contributed by atoms with van der Waals surface area (Å²) in [6.07, 6.45) is 2.25. The lowest BCUT2D eigenvalue weighted by atomic mass is 9.86. The molecule has 0 aliphatic carbocycles. The Balaban J connectivity index is 1.58. The fraction of sp³-hybridized carbons (Fsp3) is 0.387. The number of nitrogens with zero attached hydrogens (tertiary/aromatic N) is 1. The minimum absolute atomic E-state index is 0.0280. The summed E-state index contributed by atoms with van der Waals surface area (Å²) in [6, 6.07) is 25.1. The number of carbonyl (C=O) groups is 1. The van der Waals surface area contributed by atoms with Crippen LogP contribution >= 0.6 is 0 Å². The molecule has 2 unspecified atom stereocenters. The lowest BCUT2D eigenvalue weighted by Crippen LogP contribution is -2.46. The highest BCUT2D eigenvalue weighted by atomic mass is 16.5. The number of amides is 1. The molecule has 35 heavy (non-hydrogen) atoms. The van der Waals surface area contributed by atoms with E-state index in [4.69, 9.17) is 4.74 Å². The molecule has 1 amide bonds. The van der Waals surface area contributed by atoms with Gasteiger partial charge in [0.2, 0.25) is 5.91 Å². The van der Waals surface area contributed by atoms with Gasteiger partial charge >= 0.3 is 0 Å². The normalized spacial score (nSPS) is 18.0. The Morgan fingerprint density at radius 1 is 0.971 bits per heavy atom. The van der Waals surface area contributed by atoms with Crippen molar-refractivity contribution in [2.45, 2.75) is 71.1 Å². The summed E-state index contributed by atoms with van der Waals surface area (Å²) in [5.74, 6) is 1.04. The Morgan fingerprint density at radius 3 is 2.37 bits per heavy atom. The van der Waals surface area contributed by atoms with Crippen LogP contribution in [0.5, 0.6) is 5.75 Å². The number of hydrogen-bond donors (Lipinski definition) is 1. The minimum Gasteiger partial charge on any atom is -0.496 e. The number of aryl methyl sites for hydroxylation is 1. The Morgan fingerprint density at radius 2 is 1.69 bits per heavy atom. The monoisotopic (exact) mass is 470 g/mol. The van der Waals surface area contributed by atoms with Crippen molar-refractivity contribution in [3.05, 3.63) is 101 Å². The zero-order valence-corrected chi connectivity index (χ0v) is 21.7. The van der Waals surface area contributed by atoms with Gasteiger partial charge in [0.1, 0.15) is 5.75 Å². The molecule has 2 atom stereocenters. The van der Waals surface area contributed by atoms with E-state index in [1.165, 1.54) is 11.1 Å². The van der Waals surface area contributed by atoms with E-state index in [0.29, 0.717) is 13.0 Å². The zero-order chi connectivity index (χ0) is 25.0. The second-order valence-corrected chi connectivity index (χ2v) is 10.6. The lowest BCUT2D eigenvalue weighted by Gasteiger charge is -2.32. The molecule has 1 N–H and O–H groups in total. The molecule has 184 valence electrons. The Bertz CT molecular complexity index is 1150. The van der Waals surface area contributed by atoms with E-state index in [1.54, 1.807) is 7.11 Å². The molecule has 4 heteroatoms. The van der Waals surface area contributed by atoms with Gasteiger partial charge in [-0.25, -0.2) is 0 Å². The quantitative estimate of drug-likeness (QED) is 0.439. The fourth-order valence-corrected chi connectivity index (χ4v) is 5.04. The first kappa shape index (κ1) is 25.0. The smallest absolute Gasteiger partial charge is 0.228 e. The molecule has 0 radical (unpaired) electrons. The third-order valence-corrected chi connectivity index (χ3v) is 7.13. The van der Waals surface area contributed by atoms with Crippen molar-refractivity contribution in [3.8, 4) is 5.75 Å². The van der Waals surface area contributed by atoms with Crippen LogP contribution in [-0.2, 0) is 23.2 Å². The highest BCUT2D eigenvalue weighted by Crippen LogP contribution is 2.36. The molecule has 1 heterocycles. The number of ether oxygens (including phenoxy) is 1. The van der Waals surface area contributed by atoms with E-state index in [9.17, 15) is 4.79 Å². The topological polar surface area (TPSA) is 41.6 Å². The van der Waals surface area contributed by atoms with Gasteiger partial charge in [0.15, 0.2) is 0 Å². The van der Waals surface area contributed by atoms with Crippen LogP contribution in [0.25, 0.3) is 0 Å². The maximum atomic E-state index is 13.7. The minimum atomic E-state index is -0.0280. The Kier molecular flexibility index (Phi) is 7.61. The summed E-state index contributed by atoms with van der Waals surface area (Å²) < 4.78 is 5.66. The summed E-state index contributed by atoms with van der Waals surface area (Å²) in [4.78, 5) is 15.8. The van der Waals surface area contributed by atoms with Gasteiger partial charge in [-0.2, -0.15) is 0 Å². The molecule has 1 aliphatic rings. The lowest BCUT2D eigenvalue weighted by molar-refractivity contribution is -0.134. The maximum Gasteiger partial charge on any atom is 0.228 e. The second kappa shape index (κ2) is 10.7. The van der Waals surface area contributed by atoms with Crippen LogP contribution in [0.2, 0.25) is 0 Å². The van der Waals surface area contributed by atoms with Gasteiger partial charge in [0, 0.05) is 12.1 Å². The molecule has 3 aromatic rings. The van der Waals surface area contributed by atoms with Crippen LogP contribution in [0.1, 0.15) is 67.5 Å². The molecule has 4 rings (SSSR count). The molecule has 1 saturated heterocycles. The Labute approximate surface area is 210 Å². The molecule has 0 spiro atoms. The highest BCUT2D eigenvalue weighted by molar-refractivity contribution is 5.80. The summed E-state index contributed by atoms with van der Waals surface area (Å²) in [6.45, 7) is 9.39. The summed E-state index contributed by atoms with van der Waals surface area (Å²) >= 11 is 0. The maximum absolute atomic E-state index is 13.7. The molecule has 4 nitrogen and oxygen atoms in total. The van der Waals surface area contributed by atoms with Crippen LogP contribution in [0.15, 0.2) is 72.8 Å². The second-order valence-electron chi connectivity index (χ2n) is 10.6. The van der Waals surface area contributed by atoms with E-state index >= 15 is 0 Å². The van der Waals surface area contributed by atoms with E-state index in [2.05, 4.69) is 92.5 Å². The van der Waals surface area contributed by atoms with E-state index < -0.39 is 0 Å². The number of methoxy groups -OCH3 is 1. The predicted octanol–water partition coefficient (Wildman–Crippen LogP) is 6.32. The summed E-state index contributed by atoms with van der Waals surface area (Å²) in [5.41, 5.74) is 5.90. The number of nitrogens with one attached hydrogen (secondary N) is 1. The van der Waals surface area contributed by atoms with E-state index in [0.717, 1.165) is 35.3 Å². The van der Waals surface area contributed by atoms with Gasteiger partial charge in [0.05, 0.1) is 25.7 Å². The van der Waals surface area contributed by atoms with Crippen molar-refractivity contribution in [3.63, 3.8) is 0 Å². The van der Waals surface area contributed by atoms with Crippen LogP contribution in [0.3, 0.4) is 0 Å². The predicted molar refractivity (Wildman–Crippen MR) is 142 cm³/mol. The van der Waals surface area contributed by atoms with E-state index in [1.807, 2.05) is 18.2 Å². The van der Waals surface area contributed by atoms with Crippen LogP contribution < -0.4 is 10.1 Å². The molecule has 1 fully saturated rings. The van der Waals surface area contributed by atoms with E-state index in [-0.39, 0.29) is 23.5 Å². The van der Waals surface area contributed by atoms with Crippen molar-refractivity contribution < 1.29 is 9.53 Å². The van der Waals surface area contributed by atoms with Crippen molar-refractivity contribution in [1.29, 1.82) is 0 Å². The van der Waals surface area contributed by atoms with Gasteiger partial charge in [-0.1, -0.05) is 87.5 Å². The van der Waals surface area contributed by atoms with Crippen molar-refractivity contribution in [1.82, 2.24) is 10.2 Å². The van der Waals surface area contributed by atoms with Crippen LogP contribution in [0.4, 0.5) is 0 Å². The molecular formula is C31H38N2O2. The number of benzene rings is 3. The number of carbonyl (C=O) groups excluding carboxylic acids is 1. The fourth-order valence-electron chi connectivity index (χ4n) is 5.04.